The second-order valence-electron chi connectivity index (χ2n) is 7.21. The van der Waals surface area contributed by atoms with Crippen molar-refractivity contribution < 1.29 is 17.7 Å². The number of aryl methyl sites for hydroxylation is 4. The van der Waals surface area contributed by atoms with Crippen LogP contribution in [0.5, 0.6) is 0 Å². The van der Waals surface area contributed by atoms with Gasteiger partial charge in [-0.3, -0.25) is 4.79 Å². The number of carbonyl (C=O) groups is 1. The van der Waals surface area contributed by atoms with E-state index in [0.29, 0.717) is 18.0 Å². The van der Waals surface area contributed by atoms with Crippen LogP contribution in [-0.2, 0) is 21.9 Å². The fraction of sp³-hybridized carbons (Fsp3) is 0.444. The van der Waals surface area contributed by atoms with E-state index in [1.807, 2.05) is 24.7 Å². The fourth-order valence-electron chi connectivity index (χ4n) is 3.68. The predicted octanol–water partition coefficient (Wildman–Crippen LogP) is 2.25. The lowest BCUT2D eigenvalue weighted by Gasteiger charge is -2.22. The molecule has 0 aromatic carbocycles. The summed E-state index contributed by atoms with van der Waals surface area (Å²) in [5, 5.41) is 6.94. The monoisotopic (exact) mass is 450 g/mol. The molecule has 10 nitrogen and oxygen atoms in total. The Morgan fingerprint density at radius 2 is 2.07 bits per heavy atom. The number of hydrogen-bond acceptors (Lipinski definition) is 8. The molecule has 1 fully saturated rings. The number of sulfonamides is 1. The summed E-state index contributed by atoms with van der Waals surface area (Å²) in [7, 11) is -2.02. The average Bonchev–Trinajstić information content (AvgIpc) is 3.43. The Labute approximate surface area is 178 Å². The predicted molar refractivity (Wildman–Crippen MR) is 111 cm³/mol. The van der Waals surface area contributed by atoms with Crippen molar-refractivity contribution >= 4 is 32.4 Å². The summed E-state index contributed by atoms with van der Waals surface area (Å²) < 4.78 is 34.5. The lowest BCUT2D eigenvalue weighted by atomic mass is 10.2. The van der Waals surface area contributed by atoms with E-state index in [1.54, 1.807) is 20.0 Å². The van der Waals surface area contributed by atoms with Crippen molar-refractivity contribution in [1.29, 1.82) is 0 Å². The highest BCUT2D eigenvalue weighted by Crippen LogP contribution is 2.33. The van der Waals surface area contributed by atoms with Crippen molar-refractivity contribution in [3.63, 3.8) is 0 Å². The third-order valence-corrected chi connectivity index (χ3v) is 8.31. The molecular weight excluding hydrogens is 428 g/mol. The summed E-state index contributed by atoms with van der Waals surface area (Å²) in [6, 6.07) is -0.815. The highest BCUT2D eigenvalue weighted by molar-refractivity contribution is 7.89. The van der Waals surface area contributed by atoms with E-state index in [1.165, 1.54) is 15.6 Å². The number of imidazole rings is 1. The smallest absolute Gasteiger partial charge is 0.249 e. The van der Waals surface area contributed by atoms with Gasteiger partial charge in [0.25, 0.3) is 0 Å². The summed E-state index contributed by atoms with van der Waals surface area (Å²) in [5.41, 5.74) is 1.03. The quantitative estimate of drug-likeness (QED) is 0.632. The lowest BCUT2D eigenvalue weighted by Crippen LogP contribution is -2.43. The van der Waals surface area contributed by atoms with Crippen LogP contribution in [0.15, 0.2) is 21.8 Å². The van der Waals surface area contributed by atoms with Crippen molar-refractivity contribution in [2.45, 2.75) is 44.6 Å². The molecule has 4 rings (SSSR count). The second kappa shape index (κ2) is 7.60. The maximum atomic E-state index is 13.2. The number of thiazole rings is 1. The van der Waals surface area contributed by atoms with E-state index in [0.717, 1.165) is 16.4 Å². The van der Waals surface area contributed by atoms with E-state index < -0.39 is 22.0 Å². The van der Waals surface area contributed by atoms with E-state index in [9.17, 15) is 13.2 Å². The van der Waals surface area contributed by atoms with E-state index >= 15 is 0 Å². The zero-order valence-electron chi connectivity index (χ0n) is 17.0. The van der Waals surface area contributed by atoms with Crippen LogP contribution < -0.4 is 5.32 Å². The van der Waals surface area contributed by atoms with Gasteiger partial charge in [0.1, 0.15) is 16.6 Å². The molecule has 4 heterocycles. The SMILES string of the molecule is Cc1nc(NC(=O)C2CCCN2S(=O)(=O)c2c(C)noc2C)sc1-c1nccn1C. The van der Waals surface area contributed by atoms with Crippen molar-refractivity contribution in [2.24, 2.45) is 7.05 Å². The molecule has 1 saturated heterocycles. The molecule has 12 heteroatoms. The van der Waals surface area contributed by atoms with Gasteiger partial charge in [0.05, 0.1) is 10.6 Å². The van der Waals surface area contributed by atoms with Crippen LogP contribution in [0.2, 0.25) is 0 Å². The molecule has 1 aliphatic heterocycles. The Kier molecular flexibility index (Phi) is 5.24. The van der Waals surface area contributed by atoms with Gasteiger partial charge in [0.2, 0.25) is 15.9 Å². The molecule has 1 N–H and O–H groups in total. The van der Waals surface area contributed by atoms with Gasteiger partial charge >= 0.3 is 0 Å². The van der Waals surface area contributed by atoms with E-state index in [4.69, 9.17) is 4.52 Å². The first kappa shape index (κ1) is 20.7. The summed E-state index contributed by atoms with van der Waals surface area (Å²) in [6.07, 6.45) is 4.56. The fourth-order valence-corrected chi connectivity index (χ4v) is 6.64. The van der Waals surface area contributed by atoms with Crippen molar-refractivity contribution in [3.05, 3.63) is 29.5 Å². The van der Waals surface area contributed by atoms with Gasteiger partial charge in [-0.1, -0.05) is 16.5 Å². The molecule has 0 bridgehead atoms. The molecule has 1 aliphatic rings. The summed E-state index contributed by atoms with van der Waals surface area (Å²) in [5.74, 6) is 0.575. The number of hydrogen-bond donors (Lipinski definition) is 1. The number of nitrogens with one attached hydrogen (secondary N) is 1. The van der Waals surface area contributed by atoms with Crippen LogP contribution in [0.4, 0.5) is 5.13 Å². The molecule has 0 radical (unpaired) electrons. The molecule has 0 spiro atoms. The van der Waals surface area contributed by atoms with E-state index in [-0.39, 0.29) is 22.9 Å². The zero-order chi connectivity index (χ0) is 21.6. The Balaban J connectivity index is 1.57. The highest BCUT2D eigenvalue weighted by Gasteiger charge is 2.42. The largest absolute Gasteiger partial charge is 0.360 e. The summed E-state index contributed by atoms with van der Waals surface area (Å²) in [6.45, 7) is 5.24. The first-order chi connectivity index (χ1) is 14.2. The Morgan fingerprint density at radius 3 is 2.70 bits per heavy atom. The third kappa shape index (κ3) is 3.44. The molecule has 160 valence electrons. The first-order valence-corrected chi connectivity index (χ1v) is 11.7. The summed E-state index contributed by atoms with van der Waals surface area (Å²) in [4.78, 5) is 22.6. The van der Waals surface area contributed by atoms with Crippen LogP contribution in [0.25, 0.3) is 10.7 Å². The maximum Gasteiger partial charge on any atom is 0.249 e. The number of rotatable bonds is 5. The number of amides is 1. The van der Waals surface area contributed by atoms with Crippen molar-refractivity contribution in [2.75, 3.05) is 11.9 Å². The number of aromatic nitrogens is 4. The van der Waals surface area contributed by atoms with Crippen LogP contribution in [0.3, 0.4) is 0 Å². The molecule has 0 aliphatic carbocycles. The Hall–Kier alpha value is -2.57. The zero-order valence-corrected chi connectivity index (χ0v) is 18.7. The summed E-state index contributed by atoms with van der Waals surface area (Å²) >= 11 is 1.31. The van der Waals surface area contributed by atoms with Crippen molar-refractivity contribution in [3.8, 4) is 10.7 Å². The van der Waals surface area contributed by atoms with Gasteiger partial charge in [-0.25, -0.2) is 18.4 Å². The molecule has 0 saturated carbocycles. The Morgan fingerprint density at radius 1 is 1.30 bits per heavy atom. The standard InChI is InChI=1S/C18H22N6O4S2/c1-10-14(16-19-7-9-23(16)4)29-18(20-10)21-17(25)13-6-5-8-24(13)30(26,27)15-11(2)22-28-12(15)3/h7,9,13H,5-6,8H2,1-4H3,(H,20,21,25). The van der Waals surface area contributed by atoms with Crippen LogP contribution in [0, 0.1) is 20.8 Å². The van der Waals surface area contributed by atoms with Gasteiger partial charge in [-0.05, 0) is 33.6 Å². The van der Waals surface area contributed by atoms with Gasteiger partial charge in [-0.15, -0.1) is 0 Å². The molecule has 3 aromatic rings. The maximum absolute atomic E-state index is 13.2. The number of carbonyl (C=O) groups excluding carboxylic acids is 1. The first-order valence-electron chi connectivity index (χ1n) is 9.41. The molecule has 1 unspecified atom stereocenters. The average molecular weight is 451 g/mol. The number of nitrogens with zero attached hydrogens (tertiary/aromatic N) is 5. The highest BCUT2D eigenvalue weighted by atomic mass is 32.2. The minimum atomic E-state index is -3.90. The van der Waals surface area contributed by atoms with E-state index in [2.05, 4.69) is 20.4 Å². The lowest BCUT2D eigenvalue weighted by molar-refractivity contribution is -0.119. The normalized spacial score (nSPS) is 17.5. The molecule has 3 aromatic heterocycles. The Bertz CT molecular complexity index is 1190. The van der Waals surface area contributed by atoms with Gasteiger partial charge < -0.3 is 14.4 Å². The van der Waals surface area contributed by atoms with Crippen LogP contribution in [-0.4, -0.2) is 50.9 Å². The molecule has 1 amide bonds. The second-order valence-corrected chi connectivity index (χ2v) is 10.0. The van der Waals surface area contributed by atoms with Crippen LogP contribution >= 0.6 is 11.3 Å². The van der Waals surface area contributed by atoms with Gasteiger partial charge in [-0.2, -0.15) is 4.31 Å². The number of anilines is 1. The third-order valence-electron chi connectivity index (χ3n) is 5.09. The molecular formula is C18H22N6O4S2. The molecule has 30 heavy (non-hydrogen) atoms. The van der Waals surface area contributed by atoms with Crippen molar-refractivity contribution in [1.82, 2.24) is 24.0 Å². The minimum absolute atomic E-state index is 0.0318. The van der Waals surface area contributed by atoms with Gasteiger partial charge in [0, 0.05) is 26.0 Å². The topological polar surface area (TPSA) is 123 Å². The van der Waals surface area contributed by atoms with Crippen LogP contribution in [0.1, 0.15) is 30.0 Å². The minimum Gasteiger partial charge on any atom is -0.360 e. The molecule has 1 atom stereocenters. The van der Waals surface area contributed by atoms with Gasteiger partial charge in [0.15, 0.2) is 16.7 Å².